The maximum Gasteiger partial charge on any atom is 1.00 e. The number of carboxylic acids is 2. The number of ether oxygens (including phenoxy) is 1. The molecule has 0 N–H and O–H groups in total. The van der Waals surface area contributed by atoms with Crippen LogP contribution in [0.25, 0.3) is 0 Å². The zero-order valence-corrected chi connectivity index (χ0v) is 13.7. The van der Waals surface area contributed by atoms with E-state index in [9.17, 15) is 19.8 Å². The van der Waals surface area contributed by atoms with Crippen LogP contribution >= 0.6 is 0 Å². The monoisotopic (exact) mass is 244 g/mol. The van der Waals surface area contributed by atoms with E-state index in [1.165, 1.54) is 6.92 Å². The maximum absolute atomic E-state index is 10.9. The largest absolute Gasteiger partial charge is 1.00 e. The molecule has 2 bridgehead atoms. The topological polar surface area (TPSA) is 89.5 Å². The molecule has 16 heavy (non-hydrogen) atoms. The minimum Gasteiger partial charge on any atom is -0.550 e. The molecule has 0 radical (unpaired) electrons. The first-order chi connectivity index (χ1) is 6.48. The Balaban J connectivity index is 0.00000112. The summed E-state index contributed by atoms with van der Waals surface area (Å²) in [6, 6.07) is 0. The van der Waals surface area contributed by atoms with Gasteiger partial charge in [0.2, 0.25) is 0 Å². The molecule has 0 saturated carbocycles. The molecule has 4 unspecified atom stereocenters. The first kappa shape index (κ1) is 16.9. The average molecular weight is 244 g/mol. The SMILES string of the molecule is CC1(C(=O)[O-])C2CCC(O2)C1C(=O)[O-].[Na+].[Na+]. The number of hydrogen-bond acceptors (Lipinski definition) is 5. The van der Waals surface area contributed by atoms with Crippen LogP contribution < -0.4 is 69.3 Å². The zero-order valence-electron chi connectivity index (χ0n) is 9.69. The van der Waals surface area contributed by atoms with Crippen molar-refractivity contribution in [2.24, 2.45) is 11.3 Å². The van der Waals surface area contributed by atoms with Gasteiger partial charge in [0.15, 0.2) is 0 Å². The minimum absolute atomic E-state index is 0. The third-order valence-corrected chi connectivity index (χ3v) is 3.43. The van der Waals surface area contributed by atoms with E-state index in [4.69, 9.17) is 4.74 Å². The molecule has 0 amide bonds. The summed E-state index contributed by atoms with van der Waals surface area (Å²) in [5, 5.41) is 21.8. The predicted molar refractivity (Wildman–Crippen MR) is 39.5 cm³/mol. The number of carboxylic acid groups (broad SMARTS) is 2. The maximum atomic E-state index is 10.9. The number of carbonyl (C=O) groups is 2. The van der Waals surface area contributed by atoms with Crippen molar-refractivity contribution in [2.45, 2.75) is 32.0 Å². The first-order valence-electron chi connectivity index (χ1n) is 4.55. The second-order valence-electron chi connectivity index (χ2n) is 4.11. The fraction of sp³-hybridized carbons (Fsp3) is 0.778. The summed E-state index contributed by atoms with van der Waals surface area (Å²) in [6.07, 6.45) is 0.110. The molecule has 2 fully saturated rings. The molecule has 0 aliphatic carbocycles. The van der Waals surface area contributed by atoms with E-state index < -0.39 is 35.5 Å². The Morgan fingerprint density at radius 3 is 2.19 bits per heavy atom. The average Bonchev–Trinajstić information content (AvgIpc) is 2.61. The Bertz CT molecular complexity index is 308. The molecule has 5 nitrogen and oxygen atoms in total. The van der Waals surface area contributed by atoms with Crippen LogP contribution in [0.4, 0.5) is 0 Å². The molecule has 0 aromatic heterocycles. The quantitative estimate of drug-likeness (QED) is 0.450. The molecule has 0 aromatic rings. The van der Waals surface area contributed by atoms with Crippen LogP contribution in [-0.4, -0.2) is 24.1 Å². The van der Waals surface area contributed by atoms with Crippen molar-refractivity contribution in [2.75, 3.05) is 0 Å². The Morgan fingerprint density at radius 1 is 1.25 bits per heavy atom. The molecule has 2 rings (SSSR count). The smallest absolute Gasteiger partial charge is 0.550 e. The summed E-state index contributed by atoms with van der Waals surface area (Å²) in [4.78, 5) is 21.8. The molecule has 0 spiro atoms. The van der Waals surface area contributed by atoms with Gasteiger partial charge >= 0.3 is 59.1 Å². The Kier molecular flexibility index (Phi) is 6.01. The zero-order chi connectivity index (χ0) is 10.5. The van der Waals surface area contributed by atoms with Gasteiger partial charge in [-0.2, -0.15) is 0 Å². The molecule has 2 aliphatic heterocycles. The molecule has 7 heteroatoms. The van der Waals surface area contributed by atoms with Gasteiger partial charge in [0.1, 0.15) is 0 Å². The van der Waals surface area contributed by atoms with E-state index >= 15 is 0 Å². The molecule has 2 aliphatic rings. The van der Waals surface area contributed by atoms with Crippen molar-refractivity contribution in [3.63, 3.8) is 0 Å². The van der Waals surface area contributed by atoms with Crippen LogP contribution in [0.1, 0.15) is 19.8 Å². The molecule has 2 saturated heterocycles. The van der Waals surface area contributed by atoms with Crippen molar-refractivity contribution in [1.82, 2.24) is 0 Å². The summed E-state index contributed by atoms with van der Waals surface area (Å²) in [5.74, 6) is -3.80. The Morgan fingerprint density at radius 2 is 1.81 bits per heavy atom. The van der Waals surface area contributed by atoms with Crippen molar-refractivity contribution >= 4 is 11.9 Å². The second kappa shape index (κ2) is 5.69. The first-order valence-corrected chi connectivity index (χ1v) is 4.55. The predicted octanol–water partition coefficient (Wildman–Crippen LogP) is -8.32. The van der Waals surface area contributed by atoms with Gasteiger partial charge in [-0.15, -0.1) is 0 Å². The molecule has 0 aromatic carbocycles. The van der Waals surface area contributed by atoms with E-state index in [1.807, 2.05) is 0 Å². The van der Waals surface area contributed by atoms with Gasteiger partial charge in [-0.25, -0.2) is 0 Å². The summed E-state index contributed by atoms with van der Waals surface area (Å²) in [5.41, 5.74) is -1.43. The third-order valence-electron chi connectivity index (χ3n) is 3.43. The van der Waals surface area contributed by atoms with Gasteiger partial charge < -0.3 is 24.5 Å². The van der Waals surface area contributed by atoms with Crippen molar-refractivity contribution in [1.29, 1.82) is 0 Å². The molecule has 78 valence electrons. The van der Waals surface area contributed by atoms with Crippen LogP contribution in [0.3, 0.4) is 0 Å². The van der Waals surface area contributed by atoms with Gasteiger partial charge in [0, 0.05) is 17.3 Å². The normalized spacial score (nSPS) is 39.7. The van der Waals surface area contributed by atoms with Crippen LogP contribution in [-0.2, 0) is 14.3 Å². The number of rotatable bonds is 2. The van der Waals surface area contributed by atoms with E-state index in [2.05, 4.69) is 0 Å². The Labute approximate surface area is 137 Å². The summed E-state index contributed by atoms with van der Waals surface area (Å²) < 4.78 is 5.28. The standard InChI is InChI=1S/C9H12O5.2Na/c1-9(8(12)13)5-3-2-4(14-5)6(9)7(10)11;;/h4-6H,2-3H2,1H3,(H,10,11)(H,12,13);;/q;2*+1/p-2. The number of hydrogen-bond donors (Lipinski definition) is 0. The van der Waals surface area contributed by atoms with Crippen LogP contribution in [0.5, 0.6) is 0 Å². The van der Waals surface area contributed by atoms with Gasteiger partial charge in [-0.05, 0) is 12.8 Å². The number of carbonyl (C=O) groups excluding carboxylic acids is 2. The molecular formula is C9H10Na2O5. The second-order valence-corrected chi connectivity index (χ2v) is 4.11. The summed E-state index contributed by atoms with van der Waals surface area (Å²) in [7, 11) is 0. The van der Waals surface area contributed by atoms with Crippen LogP contribution in [0.15, 0.2) is 0 Å². The number of fused-ring (bicyclic) bond motifs is 2. The van der Waals surface area contributed by atoms with Crippen molar-refractivity contribution < 1.29 is 83.7 Å². The molecular weight excluding hydrogens is 234 g/mol. The van der Waals surface area contributed by atoms with Crippen LogP contribution in [0.2, 0.25) is 0 Å². The van der Waals surface area contributed by atoms with Crippen molar-refractivity contribution in [3.05, 3.63) is 0 Å². The van der Waals surface area contributed by atoms with Crippen LogP contribution in [0, 0.1) is 11.3 Å². The molecule has 4 atom stereocenters. The fourth-order valence-corrected chi connectivity index (χ4v) is 2.59. The number of aliphatic carboxylic acids is 2. The Hall–Kier alpha value is 0.900. The van der Waals surface area contributed by atoms with E-state index in [0.29, 0.717) is 12.8 Å². The summed E-state index contributed by atoms with van der Waals surface area (Å²) in [6.45, 7) is 1.37. The van der Waals surface area contributed by atoms with E-state index in [1.54, 1.807) is 0 Å². The van der Waals surface area contributed by atoms with Gasteiger partial charge in [0.05, 0.1) is 18.2 Å². The third kappa shape index (κ3) is 2.23. The van der Waals surface area contributed by atoms with Gasteiger partial charge in [0.25, 0.3) is 0 Å². The summed E-state index contributed by atoms with van der Waals surface area (Å²) >= 11 is 0. The molecule has 2 heterocycles. The van der Waals surface area contributed by atoms with Crippen molar-refractivity contribution in [3.8, 4) is 0 Å². The van der Waals surface area contributed by atoms with E-state index in [-0.39, 0.29) is 59.1 Å². The van der Waals surface area contributed by atoms with Gasteiger partial charge in [-0.3, -0.25) is 0 Å². The fourth-order valence-electron chi connectivity index (χ4n) is 2.59. The minimum atomic E-state index is -1.43. The van der Waals surface area contributed by atoms with E-state index in [0.717, 1.165) is 0 Å². The van der Waals surface area contributed by atoms with Gasteiger partial charge in [-0.1, -0.05) is 6.92 Å².